The van der Waals surface area contributed by atoms with Gasteiger partial charge in [-0.05, 0) is 6.92 Å². The summed E-state index contributed by atoms with van der Waals surface area (Å²) in [6.07, 6.45) is 0. The lowest BCUT2D eigenvalue weighted by molar-refractivity contribution is -0.143. The molecule has 10 heteroatoms. The molecule has 0 unspecified atom stereocenters. The van der Waals surface area contributed by atoms with Crippen molar-refractivity contribution in [1.29, 1.82) is 0 Å². The third kappa shape index (κ3) is 5.32. The number of nitrogens with one attached hydrogen (secondary N) is 2. The van der Waals surface area contributed by atoms with Gasteiger partial charge in [0.05, 0.1) is 0 Å². The largest absolute Gasteiger partial charge is 0.480 e. The number of imide groups is 1. The summed E-state index contributed by atoms with van der Waals surface area (Å²) in [6, 6.07) is -0.782. The average Bonchev–Trinajstić information content (AvgIpc) is 2.62. The summed E-state index contributed by atoms with van der Waals surface area (Å²) in [5.41, 5.74) is 0. The number of nitrogens with zero attached hydrogens (tertiary/aromatic N) is 2. The molecule has 0 aliphatic carbocycles. The molecule has 18 heavy (non-hydrogen) atoms. The first-order chi connectivity index (χ1) is 8.47. The Hall–Kier alpha value is -2.07. The summed E-state index contributed by atoms with van der Waals surface area (Å²) < 4.78 is 4.50. The molecule has 0 aromatic carbocycles. The number of rotatable bonds is 5. The van der Waals surface area contributed by atoms with E-state index < -0.39 is 31.1 Å². The van der Waals surface area contributed by atoms with Crippen molar-refractivity contribution < 1.29 is 24.2 Å². The van der Waals surface area contributed by atoms with Crippen LogP contribution in [-0.4, -0.2) is 46.4 Å². The van der Waals surface area contributed by atoms with Crippen LogP contribution in [0.2, 0.25) is 0 Å². The number of aliphatic carboxylic acids is 1. The molecule has 3 amide bonds. The molecule has 0 radical (unpaired) electrons. The van der Waals surface area contributed by atoms with E-state index in [-0.39, 0.29) is 5.13 Å². The molecule has 9 nitrogen and oxygen atoms in total. The SMILES string of the molecule is Cc1nnc(NC(=O)NC(=O)COCC(=O)O)s1. The molecule has 0 aliphatic rings. The molecule has 0 aliphatic heterocycles. The van der Waals surface area contributed by atoms with E-state index in [0.29, 0.717) is 5.01 Å². The Morgan fingerprint density at radius 1 is 1.33 bits per heavy atom. The number of hydrogen-bond acceptors (Lipinski definition) is 7. The maximum Gasteiger partial charge on any atom is 0.329 e. The fraction of sp³-hybridized carbons (Fsp3) is 0.375. The first kappa shape index (κ1) is 14.0. The van der Waals surface area contributed by atoms with Crippen LogP contribution in [0.15, 0.2) is 0 Å². The molecule has 0 saturated heterocycles. The van der Waals surface area contributed by atoms with Gasteiger partial charge < -0.3 is 9.84 Å². The van der Waals surface area contributed by atoms with Crippen molar-refractivity contribution in [2.45, 2.75) is 6.92 Å². The van der Waals surface area contributed by atoms with E-state index in [0.717, 1.165) is 11.3 Å². The number of ether oxygens (including phenoxy) is 1. The quantitative estimate of drug-likeness (QED) is 0.665. The van der Waals surface area contributed by atoms with Crippen molar-refractivity contribution in [3.8, 4) is 0 Å². The second-order valence-electron chi connectivity index (χ2n) is 3.02. The number of aryl methyl sites for hydroxylation is 1. The van der Waals surface area contributed by atoms with Gasteiger partial charge in [0.2, 0.25) is 5.13 Å². The summed E-state index contributed by atoms with van der Waals surface area (Å²) in [4.78, 5) is 32.5. The monoisotopic (exact) mass is 274 g/mol. The molecule has 1 aromatic heterocycles. The summed E-state index contributed by atoms with van der Waals surface area (Å²) in [5, 5.41) is 20.7. The zero-order valence-electron chi connectivity index (χ0n) is 9.30. The highest BCUT2D eigenvalue weighted by Crippen LogP contribution is 2.12. The van der Waals surface area contributed by atoms with Gasteiger partial charge in [0, 0.05) is 0 Å². The molecule has 1 heterocycles. The van der Waals surface area contributed by atoms with E-state index in [1.165, 1.54) is 0 Å². The van der Waals surface area contributed by atoms with Gasteiger partial charge in [0.15, 0.2) is 0 Å². The number of carbonyl (C=O) groups is 3. The second-order valence-corrected chi connectivity index (χ2v) is 4.20. The second kappa shape index (κ2) is 6.61. The molecular weight excluding hydrogens is 264 g/mol. The van der Waals surface area contributed by atoms with E-state index in [4.69, 9.17) is 5.11 Å². The van der Waals surface area contributed by atoms with Gasteiger partial charge in [0.1, 0.15) is 18.2 Å². The minimum Gasteiger partial charge on any atom is -0.480 e. The number of hydrogen-bond donors (Lipinski definition) is 3. The summed E-state index contributed by atoms with van der Waals surface area (Å²) in [6.45, 7) is 0.588. The molecule has 1 aromatic rings. The highest BCUT2D eigenvalue weighted by molar-refractivity contribution is 7.15. The number of carbonyl (C=O) groups excluding carboxylic acids is 2. The van der Waals surface area contributed by atoms with Gasteiger partial charge >= 0.3 is 12.0 Å². The standard InChI is InChI=1S/C8H10N4O5S/c1-4-11-12-8(18-4)10-7(16)9-5(13)2-17-3-6(14)15/h2-3H2,1H3,(H,14,15)(H2,9,10,12,13,16). The minimum atomic E-state index is -1.20. The lowest BCUT2D eigenvalue weighted by atomic mass is 10.6. The molecule has 3 N–H and O–H groups in total. The van der Waals surface area contributed by atoms with Crippen LogP contribution >= 0.6 is 11.3 Å². The molecular formula is C8H10N4O5S. The molecule has 0 atom stereocenters. The number of carboxylic acid groups (broad SMARTS) is 1. The van der Waals surface area contributed by atoms with Gasteiger partial charge in [-0.15, -0.1) is 10.2 Å². The Balaban J connectivity index is 2.27. The van der Waals surface area contributed by atoms with Gasteiger partial charge in [-0.25, -0.2) is 9.59 Å². The van der Waals surface area contributed by atoms with Gasteiger partial charge in [-0.1, -0.05) is 11.3 Å². The van der Waals surface area contributed by atoms with Crippen LogP contribution in [0.4, 0.5) is 9.93 Å². The van der Waals surface area contributed by atoms with E-state index in [2.05, 4.69) is 20.3 Å². The lowest BCUT2D eigenvalue weighted by Crippen LogP contribution is -2.37. The van der Waals surface area contributed by atoms with Crippen LogP contribution in [0.25, 0.3) is 0 Å². The smallest absolute Gasteiger partial charge is 0.329 e. The summed E-state index contributed by atoms with van der Waals surface area (Å²) >= 11 is 1.15. The van der Waals surface area contributed by atoms with Crippen molar-refractivity contribution >= 4 is 34.4 Å². The number of urea groups is 1. The Morgan fingerprint density at radius 3 is 2.61 bits per heavy atom. The first-order valence-electron chi connectivity index (χ1n) is 4.68. The molecule has 0 saturated carbocycles. The maximum absolute atomic E-state index is 11.3. The van der Waals surface area contributed by atoms with E-state index >= 15 is 0 Å². The molecule has 0 spiro atoms. The van der Waals surface area contributed by atoms with Crippen molar-refractivity contribution in [3.63, 3.8) is 0 Å². The van der Waals surface area contributed by atoms with Gasteiger partial charge in [-0.3, -0.25) is 15.4 Å². The Bertz CT molecular complexity index is 460. The number of anilines is 1. The van der Waals surface area contributed by atoms with Crippen LogP contribution in [0, 0.1) is 6.92 Å². The number of carboxylic acids is 1. The molecule has 1 rings (SSSR count). The van der Waals surface area contributed by atoms with E-state index in [1.54, 1.807) is 6.92 Å². The highest BCUT2D eigenvalue weighted by Gasteiger charge is 2.10. The topological polar surface area (TPSA) is 131 Å². The Kier molecular flexibility index (Phi) is 5.14. The maximum atomic E-state index is 11.3. The van der Waals surface area contributed by atoms with E-state index in [1.807, 2.05) is 5.32 Å². The van der Waals surface area contributed by atoms with Crippen LogP contribution < -0.4 is 10.6 Å². The van der Waals surface area contributed by atoms with Crippen molar-refractivity contribution in [1.82, 2.24) is 15.5 Å². The fourth-order valence-electron chi connectivity index (χ4n) is 0.869. The minimum absolute atomic E-state index is 0.254. The van der Waals surface area contributed by atoms with Gasteiger partial charge in [-0.2, -0.15) is 0 Å². The molecule has 98 valence electrons. The zero-order chi connectivity index (χ0) is 13.5. The van der Waals surface area contributed by atoms with Crippen LogP contribution in [0.3, 0.4) is 0 Å². The third-order valence-corrected chi connectivity index (χ3v) is 2.21. The Labute approximate surface area is 105 Å². The van der Waals surface area contributed by atoms with Crippen LogP contribution in [-0.2, 0) is 14.3 Å². The average molecular weight is 274 g/mol. The van der Waals surface area contributed by atoms with Crippen LogP contribution in [0.5, 0.6) is 0 Å². The Morgan fingerprint density at radius 2 is 2.06 bits per heavy atom. The predicted octanol–water partition coefficient (Wildman–Crippen LogP) is -0.404. The predicted molar refractivity (Wildman–Crippen MR) is 60.3 cm³/mol. The normalized spacial score (nSPS) is 9.83. The fourth-order valence-corrected chi connectivity index (χ4v) is 1.46. The molecule has 0 bridgehead atoms. The van der Waals surface area contributed by atoms with Crippen molar-refractivity contribution in [2.75, 3.05) is 18.5 Å². The third-order valence-electron chi connectivity index (χ3n) is 1.46. The number of amides is 3. The summed E-state index contributed by atoms with van der Waals surface area (Å²) in [5.74, 6) is -1.95. The van der Waals surface area contributed by atoms with Crippen molar-refractivity contribution in [3.05, 3.63) is 5.01 Å². The van der Waals surface area contributed by atoms with E-state index in [9.17, 15) is 14.4 Å². The number of aromatic nitrogens is 2. The molecule has 0 fully saturated rings. The van der Waals surface area contributed by atoms with Gasteiger partial charge in [0.25, 0.3) is 5.91 Å². The van der Waals surface area contributed by atoms with Crippen molar-refractivity contribution in [2.24, 2.45) is 0 Å². The highest BCUT2D eigenvalue weighted by atomic mass is 32.1. The first-order valence-corrected chi connectivity index (χ1v) is 5.49. The lowest BCUT2D eigenvalue weighted by Gasteiger charge is -2.03. The zero-order valence-corrected chi connectivity index (χ0v) is 10.1. The van der Waals surface area contributed by atoms with Crippen LogP contribution in [0.1, 0.15) is 5.01 Å². The summed E-state index contributed by atoms with van der Waals surface area (Å²) in [7, 11) is 0.